The monoisotopic (exact) mass is 450 g/mol. The normalized spacial score (nSPS) is 13.9. The smallest absolute Gasteiger partial charge is 0.347 e. The van der Waals surface area contributed by atoms with Crippen LogP contribution < -0.4 is 9.64 Å². The molecule has 3 aromatic heterocycles. The molecular weight excluding hydrogens is 431 g/mol. The Balaban J connectivity index is 1.46. The van der Waals surface area contributed by atoms with E-state index in [1.165, 1.54) is 29.7 Å². The summed E-state index contributed by atoms with van der Waals surface area (Å²) in [5.41, 5.74) is 4.34. The zero-order valence-electron chi connectivity index (χ0n) is 17.1. The average Bonchev–Trinajstić information content (AvgIpc) is 3.47. The van der Waals surface area contributed by atoms with Crippen molar-refractivity contribution in [2.24, 2.45) is 0 Å². The number of benzene rings is 1. The van der Waals surface area contributed by atoms with Gasteiger partial charge in [-0.3, -0.25) is 0 Å². The van der Waals surface area contributed by atoms with Gasteiger partial charge in [-0.2, -0.15) is 0 Å². The predicted octanol–water partition coefficient (Wildman–Crippen LogP) is 4.83. The second-order valence-corrected chi connectivity index (χ2v) is 8.40. The largest absolute Gasteiger partial charge is 0.496 e. The lowest BCUT2D eigenvalue weighted by molar-refractivity contribution is 0.0702. The quantitative estimate of drug-likeness (QED) is 0.453. The van der Waals surface area contributed by atoms with Crippen molar-refractivity contribution >= 4 is 39.0 Å². The minimum atomic E-state index is -0.960. The van der Waals surface area contributed by atoms with E-state index in [9.17, 15) is 9.18 Å². The molecule has 0 amide bonds. The number of carbonyl (C=O) groups is 1. The maximum atomic E-state index is 14.0. The molecule has 0 spiro atoms. The van der Waals surface area contributed by atoms with Gasteiger partial charge < -0.3 is 19.7 Å². The third-order valence-electron chi connectivity index (χ3n) is 5.51. The number of aromatic carboxylic acids is 1. The first-order valence-corrected chi connectivity index (χ1v) is 10.8. The van der Waals surface area contributed by atoms with Crippen LogP contribution >= 0.6 is 11.3 Å². The number of carboxylic acid groups (broad SMARTS) is 1. The molecule has 0 saturated heterocycles. The highest BCUT2D eigenvalue weighted by molar-refractivity contribution is 7.17. The Labute approximate surface area is 186 Å². The zero-order chi connectivity index (χ0) is 22.2. The molecule has 0 saturated carbocycles. The molecule has 7 nitrogen and oxygen atoms in total. The Hall–Kier alpha value is -3.72. The van der Waals surface area contributed by atoms with Crippen LogP contribution in [0.3, 0.4) is 0 Å². The number of H-pyrrole nitrogens is 1. The number of thiazole rings is 1. The molecule has 5 rings (SSSR count). The predicted molar refractivity (Wildman–Crippen MR) is 122 cm³/mol. The fourth-order valence-electron chi connectivity index (χ4n) is 3.92. The Kier molecular flexibility index (Phi) is 5.10. The van der Waals surface area contributed by atoms with Crippen molar-refractivity contribution in [3.8, 4) is 16.9 Å². The van der Waals surface area contributed by atoms with Gasteiger partial charge in [-0.1, -0.05) is 17.4 Å². The molecule has 9 heteroatoms. The Morgan fingerprint density at radius 1 is 1.25 bits per heavy atom. The van der Waals surface area contributed by atoms with E-state index < -0.39 is 5.97 Å². The number of carboxylic acids is 1. The van der Waals surface area contributed by atoms with Gasteiger partial charge in [0.25, 0.3) is 0 Å². The van der Waals surface area contributed by atoms with E-state index in [0.29, 0.717) is 23.0 Å². The van der Waals surface area contributed by atoms with E-state index in [0.717, 1.165) is 40.8 Å². The summed E-state index contributed by atoms with van der Waals surface area (Å²) in [5.74, 6) is -0.693. The minimum Gasteiger partial charge on any atom is -0.496 e. The second kappa shape index (κ2) is 8.08. The lowest BCUT2D eigenvalue weighted by Crippen LogP contribution is -2.28. The molecule has 4 heterocycles. The van der Waals surface area contributed by atoms with E-state index in [2.05, 4.69) is 25.9 Å². The number of hydrogen-bond donors (Lipinski definition) is 2. The van der Waals surface area contributed by atoms with Crippen LogP contribution in [0.15, 0.2) is 48.8 Å². The summed E-state index contributed by atoms with van der Waals surface area (Å²) < 4.78 is 19.4. The summed E-state index contributed by atoms with van der Waals surface area (Å²) in [7, 11) is 1.57. The lowest BCUT2D eigenvalue weighted by atomic mass is 10.0. The molecule has 0 aliphatic carbocycles. The van der Waals surface area contributed by atoms with Crippen molar-refractivity contribution in [1.82, 2.24) is 15.0 Å². The van der Waals surface area contributed by atoms with Gasteiger partial charge in [0.15, 0.2) is 5.13 Å². The van der Waals surface area contributed by atoms with E-state index in [4.69, 9.17) is 9.84 Å². The molecule has 0 bridgehead atoms. The van der Waals surface area contributed by atoms with Gasteiger partial charge in [0.1, 0.15) is 22.1 Å². The van der Waals surface area contributed by atoms with Crippen LogP contribution in [0.5, 0.6) is 5.75 Å². The third-order valence-corrected chi connectivity index (χ3v) is 6.56. The molecular formula is C23H19FN4O3S. The Bertz CT molecular complexity index is 1360. The number of fused-ring (bicyclic) bond motifs is 1. The van der Waals surface area contributed by atoms with Gasteiger partial charge >= 0.3 is 5.97 Å². The minimum absolute atomic E-state index is 0.233. The van der Waals surface area contributed by atoms with Crippen molar-refractivity contribution in [1.29, 1.82) is 0 Å². The molecule has 0 fully saturated rings. The van der Waals surface area contributed by atoms with E-state index >= 15 is 0 Å². The lowest BCUT2D eigenvalue weighted by Gasteiger charge is -2.25. The summed E-state index contributed by atoms with van der Waals surface area (Å²) >= 11 is 1.18. The second-order valence-electron chi connectivity index (χ2n) is 7.39. The van der Waals surface area contributed by atoms with Gasteiger partial charge in [-0.05, 0) is 47.9 Å². The maximum Gasteiger partial charge on any atom is 0.347 e. The third kappa shape index (κ3) is 3.60. The summed E-state index contributed by atoms with van der Waals surface area (Å²) in [6.45, 7) is 1.36. The van der Waals surface area contributed by atoms with Crippen LogP contribution in [-0.2, 0) is 0 Å². The number of methoxy groups -OCH3 is 1. The SMILES string of the molecule is COc1ccc(F)cc1-c1ccnc2[nH]c(C3=CCN(c4ncc(C(=O)O)s4)CC3)cc12. The number of nitrogens with zero attached hydrogens (tertiary/aromatic N) is 3. The van der Waals surface area contributed by atoms with Crippen molar-refractivity contribution in [2.75, 3.05) is 25.1 Å². The van der Waals surface area contributed by atoms with Crippen LogP contribution in [-0.4, -0.2) is 46.2 Å². The average molecular weight is 450 g/mol. The van der Waals surface area contributed by atoms with E-state index in [-0.39, 0.29) is 10.7 Å². The molecule has 1 aliphatic heterocycles. The number of rotatable bonds is 5. The number of anilines is 1. The van der Waals surface area contributed by atoms with E-state index in [1.807, 2.05) is 12.1 Å². The Morgan fingerprint density at radius 2 is 2.12 bits per heavy atom. The molecule has 32 heavy (non-hydrogen) atoms. The highest BCUT2D eigenvalue weighted by atomic mass is 32.1. The molecule has 1 aliphatic rings. The zero-order valence-corrected chi connectivity index (χ0v) is 17.9. The summed E-state index contributed by atoms with van der Waals surface area (Å²) in [4.78, 5) is 25.5. The summed E-state index contributed by atoms with van der Waals surface area (Å²) in [6, 6.07) is 8.37. The van der Waals surface area contributed by atoms with Crippen LogP contribution in [0.4, 0.5) is 9.52 Å². The van der Waals surface area contributed by atoms with Crippen molar-refractivity contribution in [3.63, 3.8) is 0 Å². The fraction of sp³-hybridized carbons (Fsp3) is 0.174. The van der Waals surface area contributed by atoms with Crippen LogP contribution in [0.1, 0.15) is 21.8 Å². The number of pyridine rings is 1. The molecule has 0 atom stereocenters. The van der Waals surface area contributed by atoms with Gasteiger partial charge in [-0.25, -0.2) is 19.2 Å². The van der Waals surface area contributed by atoms with Gasteiger partial charge in [0, 0.05) is 35.9 Å². The number of nitrogens with one attached hydrogen (secondary N) is 1. The van der Waals surface area contributed by atoms with Crippen LogP contribution in [0.2, 0.25) is 0 Å². The van der Waals surface area contributed by atoms with Gasteiger partial charge in [0.05, 0.1) is 13.3 Å². The summed E-state index contributed by atoms with van der Waals surface area (Å²) in [6.07, 6.45) is 5.97. The molecule has 162 valence electrons. The standard InChI is InChI=1S/C23H19FN4O3S/c1-31-19-3-2-14(24)10-16(19)15-4-7-25-21-17(15)11-18(27-21)13-5-8-28(9-6-13)23-26-12-20(32-23)22(29)30/h2-5,7,10-12H,6,8-9H2,1H3,(H,25,27)(H,29,30). The molecule has 4 aromatic rings. The number of ether oxygens (including phenoxy) is 1. The highest BCUT2D eigenvalue weighted by Gasteiger charge is 2.20. The molecule has 0 unspecified atom stereocenters. The van der Waals surface area contributed by atoms with Gasteiger partial charge in [-0.15, -0.1) is 0 Å². The molecule has 1 aromatic carbocycles. The van der Waals surface area contributed by atoms with Crippen LogP contribution in [0, 0.1) is 5.82 Å². The highest BCUT2D eigenvalue weighted by Crippen LogP contribution is 2.37. The van der Waals surface area contributed by atoms with Crippen LogP contribution in [0.25, 0.3) is 27.7 Å². The number of halogens is 1. The Morgan fingerprint density at radius 3 is 2.84 bits per heavy atom. The number of hydrogen-bond acceptors (Lipinski definition) is 6. The first-order chi connectivity index (χ1) is 15.5. The first-order valence-electron chi connectivity index (χ1n) is 9.98. The van der Waals surface area contributed by atoms with E-state index in [1.54, 1.807) is 19.4 Å². The number of aromatic nitrogens is 3. The maximum absolute atomic E-state index is 14.0. The van der Waals surface area contributed by atoms with Crippen molar-refractivity contribution in [2.45, 2.75) is 6.42 Å². The van der Waals surface area contributed by atoms with Gasteiger partial charge in [0.2, 0.25) is 0 Å². The molecule has 0 radical (unpaired) electrons. The molecule has 2 N–H and O–H groups in total. The van der Waals surface area contributed by atoms with Crippen molar-refractivity contribution < 1.29 is 19.0 Å². The first kappa shape index (κ1) is 20.2. The fourth-order valence-corrected chi connectivity index (χ4v) is 4.71. The topological polar surface area (TPSA) is 91.3 Å². The number of aromatic amines is 1. The summed E-state index contributed by atoms with van der Waals surface area (Å²) in [5, 5.41) is 10.7. The van der Waals surface area contributed by atoms with Crippen molar-refractivity contribution in [3.05, 3.63) is 65.2 Å².